The van der Waals surface area contributed by atoms with Crippen LogP contribution in [0, 0.1) is 6.92 Å². The van der Waals surface area contributed by atoms with Gasteiger partial charge in [0.15, 0.2) is 11.9 Å². The number of carbonyl (C=O) groups is 2. The van der Waals surface area contributed by atoms with Crippen molar-refractivity contribution in [3.8, 4) is 0 Å². The summed E-state index contributed by atoms with van der Waals surface area (Å²) in [5, 5.41) is 0. The number of hydrogen-bond donors (Lipinski definition) is 0. The van der Waals surface area contributed by atoms with E-state index in [0.29, 0.717) is 12.0 Å². The van der Waals surface area contributed by atoms with E-state index in [-0.39, 0.29) is 5.78 Å². The summed E-state index contributed by atoms with van der Waals surface area (Å²) in [5.74, 6) is -0.532. The molecule has 1 aliphatic rings. The van der Waals surface area contributed by atoms with E-state index in [1.54, 1.807) is 0 Å². The maximum Gasteiger partial charge on any atom is 0.340 e. The number of benzene rings is 1. The summed E-state index contributed by atoms with van der Waals surface area (Å²) in [6.07, 6.45) is -0.158. The van der Waals surface area contributed by atoms with Gasteiger partial charge < -0.3 is 4.74 Å². The second kappa shape index (κ2) is 4.01. The van der Waals surface area contributed by atoms with E-state index in [1.165, 1.54) is 6.92 Å². The molecular weight excluding hydrogens is 272 g/mol. The molecule has 0 saturated carbocycles. The Morgan fingerprint density at radius 2 is 2.19 bits per heavy atom. The molecule has 0 N–H and O–H groups in total. The Labute approximate surface area is 102 Å². The van der Waals surface area contributed by atoms with Crippen LogP contribution in [0.4, 0.5) is 0 Å². The van der Waals surface area contributed by atoms with Gasteiger partial charge in [-0.3, -0.25) is 4.79 Å². The van der Waals surface area contributed by atoms with Crippen molar-refractivity contribution in [1.29, 1.82) is 0 Å². The molecule has 3 nitrogen and oxygen atoms in total. The third-order valence-corrected chi connectivity index (χ3v) is 3.45. The van der Waals surface area contributed by atoms with E-state index >= 15 is 0 Å². The third kappa shape index (κ3) is 1.78. The van der Waals surface area contributed by atoms with Crippen LogP contribution in [0.2, 0.25) is 0 Å². The zero-order valence-electron chi connectivity index (χ0n) is 9.04. The molecular formula is C12H11BrO3. The fraction of sp³-hybridized carbons (Fsp3) is 0.333. The number of carbonyl (C=O) groups excluding carboxylic acids is 2. The van der Waals surface area contributed by atoms with Crippen molar-refractivity contribution >= 4 is 27.7 Å². The number of fused-ring (bicyclic) bond motifs is 1. The number of esters is 1. The molecule has 1 atom stereocenters. The first-order valence-electron chi connectivity index (χ1n) is 5.00. The molecule has 0 saturated heterocycles. The average molecular weight is 283 g/mol. The Kier molecular flexibility index (Phi) is 2.84. The van der Waals surface area contributed by atoms with Crippen molar-refractivity contribution < 1.29 is 14.3 Å². The van der Waals surface area contributed by atoms with Gasteiger partial charge in [-0.15, -0.1) is 0 Å². The fourth-order valence-corrected chi connectivity index (χ4v) is 2.38. The monoisotopic (exact) mass is 282 g/mol. The number of Topliss-reactive ketones (excluding diaryl/α,β-unsaturated/α-hetero) is 1. The second-order valence-corrected chi connectivity index (χ2v) is 4.78. The van der Waals surface area contributed by atoms with Crippen molar-refractivity contribution in [1.82, 2.24) is 0 Å². The van der Waals surface area contributed by atoms with Gasteiger partial charge in [0.2, 0.25) is 0 Å². The highest BCUT2D eigenvalue weighted by molar-refractivity contribution is 9.10. The van der Waals surface area contributed by atoms with Crippen molar-refractivity contribution in [2.75, 3.05) is 0 Å². The zero-order chi connectivity index (χ0) is 11.9. The van der Waals surface area contributed by atoms with Crippen molar-refractivity contribution in [2.24, 2.45) is 0 Å². The molecule has 0 bridgehead atoms. The molecule has 0 aliphatic carbocycles. The number of halogens is 1. The Morgan fingerprint density at radius 3 is 2.81 bits per heavy atom. The predicted octanol–water partition coefficient (Wildman–Crippen LogP) is 2.43. The largest absolute Gasteiger partial charge is 0.450 e. The van der Waals surface area contributed by atoms with E-state index in [0.717, 1.165) is 15.6 Å². The Balaban J connectivity index is 2.54. The normalized spacial score (nSPS) is 18.9. The summed E-state index contributed by atoms with van der Waals surface area (Å²) < 4.78 is 5.81. The van der Waals surface area contributed by atoms with Crippen LogP contribution in [0.25, 0.3) is 0 Å². The van der Waals surface area contributed by atoms with Gasteiger partial charge in [0.1, 0.15) is 0 Å². The van der Waals surface area contributed by atoms with Gasteiger partial charge in [-0.25, -0.2) is 4.79 Å². The van der Waals surface area contributed by atoms with E-state index in [9.17, 15) is 9.59 Å². The first kappa shape index (κ1) is 11.3. The molecule has 84 valence electrons. The number of hydrogen-bond acceptors (Lipinski definition) is 3. The van der Waals surface area contributed by atoms with Crippen molar-refractivity contribution in [2.45, 2.75) is 26.4 Å². The molecule has 1 aromatic rings. The molecule has 1 aromatic carbocycles. The lowest BCUT2D eigenvalue weighted by Crippen LogP contribution is -2.33. The number of rotatable bonds is 1. The van der Waals surface area contributed by atoms with E-state index in [1.807, 2.05) is 19.1 Å². The van der Waals surface area contributed by atoms with Crippen LogP contribution in [0.1, 0.15) is 28.4 Å². The molecule has 16 heavy (non-hydrogen) atoms. The molecule has 1 aliphatic heterocycles. The lowest BCUT2D eigenvalue weighted by molar-refractivity contribution is -0.125. The summed E-state index contributed by atoms with van der Waals surface area (Å²) in [5.41, 5.74) is 2.48. The van der Waals surface area contributed by atoms with Crippen LogP contribution < -0.4 is 0 Å². The molecule has 0 radical (unpaired) electrons. The Hall–Kier alpha value is -1.16. The Bertz CT molecular complexity index is 479. The molecule has 1 unspecified atom stereocenters. The highest BCUT2D eigenvalue weighted by Crippen LogP contribution is 2.30. The molecule has 0 spiro atoms. The highest BCUT2D eigenvalue weighted by Gasteiger charge is 2.31. The standard InChI is InChI=1S/C12H11BrO3/c1-6-3-4-9(13)11-8(6)5-10(7(2)14)16-12(11)15/h3-4,10H,5H2,1-2H3. The predicted molar refractivity (Wildman–Crippen MR) is 62.5 cm³/mol. The van der Waals surface area contributed by atoms with Crippen molar-refractivity contribution in [3.05, 3.63) is 33.3 Å². The van der Waals surface area contributed by atoms with Crippen LogP contribution in [0.15, 0.2) is 16.6 Å². The summed E-state index contributed by atoms with van der Waals surface area (Å²) >= 11 is 3.33. The molecule has 4 heteroatoms. The maximum absolute atomic E-state index is 11.8. The van der Waals surface area contributed by atoms with Gasteiger partial charge >= 0.3 is 5.97 Å². The van der Waals surface area contributed by atoms with Gasteiger partial charge in [-0.1, -0.05) is 6.07 Å². The van der Waals surface area contributed by atoms with Gasteiger partial charge in [0.25, 0.3) is 0 Å². The van der Waals surface area contributed by atoms with Crippen LogP contribution in [0.5, 0.6) is 0 Å². The topological polar surface area (TPSA) is 43.4 Å². The van der Waals surface area contributed by atoms with E-state index in [2.05, 4.69) is 15.9 Å². The van der Waals surface area contributed by atoms with Crippen LogP contribution >= 0.6 is 15.9 Å². The van der Waals surface area contributed by atoms with E-state index in [4.69, 9.17) is 4.74 Å². The number of ether oxygens (including phenoxy) is 1. The molecule has 0 amide bonds. The summed E-state index contributed by atoms with van der Waals surface area (Å²) in [6.45, 7) is 3.37. The summed E-state index contributed by atoms with van der Waals surface area (Å²) in [7, 11) is 0. The quantitative estimate of drug-likeness (QED) is 0.743. The third-order valence-electron chi connectivity index (χ3n) is 2.79. The van der Waals surface area contributed by atoms with Gasteiger partial charge in [-0.05, 0) is 47.0 Å². The number of ketones is 1. The SMILES string of the molecule is CC(=O)C1Cc2c(C)ccc(Br)c2C(=O)O1. The zero-order valence-corrected chi connectivity index (χ0v) is 10.6. The molecule has 0 aromatic heterocycles. The first-order valence-corrected chi connectivity index (χ1v) is 5.79. The van der Waals surface area contributed by atoms with Crippen molar-refractivity contribution in [3.63, 3.8) is 0 Å². The minimum atomic E-state index is -0.631. The lowest BCUT2D eigenvalue weighted by Gasteiger charge is -2.24. The van der Waals surface area contributed by atoms with Crippen LogP contribution in [0.3, 0.4) is 0 Å². The first-order chi connectivity index (χ1) is 7.50. The number of cyclic esters (lactones) is 1. The molecule has 1 heterocycles. The van der Waals surface area contributed by atoms with Crippen LogP contribution in [-0.4, -0.2) is 17.9 Å². The minimum Gasteiger partial charge on any atom is -0.450 e. The summed E-state index contributed by atoms with van der Waals surface area (Å²) in [6, 6.07) is 3.75. The molecule has 0 fully saturated rings. The smallest absolute Gasteiger partial charge is 0.340 e. The fourth-order valence-electron chi connectivity index (χ4n) is 1.85. The van der Waals surface area contributed by atoms with Gasteiger partial charge in [-0.2, -0.15) is 0 Å². The Morgan fingerprint density at radius 1 is 1.50 bits per heavy atom. The number of aryl methyl sites for hydroxylation is 1. The van der Waals surface area contributed by atoms with E-state index < -0.39 is 12.1 Å². The lowest BCUT2D eigenvalue weighted by atomic mass is 9.93. The molecule has 2 rings (SSSR count). The second-order valence-electron chi connectivity index (χ2n) is 3.93. The van der Waals surface area contributed by atoms with Gasteiger partial charge in [0.05, 0.1) is 5.56 Å². The minimum absolute atomic E-state index is 0.113. The summed E-state index contributed by atoms with van der Waals surface area (Å²) in [4.78, 5) is 23.0. The highest BCUT2D eigenvalue weighted by atomic mass is 79.9. The average Bonchev–Trinajstić information content (AvgIpc) is 2.22. The maximum atomic E-state index is 11.8. The van der Waals surface area contributed by atoms with Gasteiger partial charge in [0, 0.05) is 10.9 Å². The van der Waals surface area contributed by atoms with Crippen LogP contribution in [-0.2, 0) is 16.0 Å².